The van der Waals surface area contributed by atoms with Crippen LogP contribution in [0.2, 0.25) is 0 Å². The highest BCUT2D eigenvalue weighted by Crippen LogP contribution is 2.16. The molecule has 8 heteroatoms. The van der Waals surface area contributed by atoms with Crippen LogP contribution in [0.4, 0.5) is 5.69 Å². The van der Waals surface area contributed by atoms with Gasteiger partial charge in [-0.15, -0.1) is 0 Å². The van der Waals surface area contributed by atoms with Gasteiger partial charge in [-0.2, -0.15) is 4.98 Å². The molecule has 0 aliphatic carbocycles. The summed E-state index contributed by atoms with van der Waals surface area (Å²) in [7, 11) is 3.34. The Morgan fingerprint density at radius 2 is 1.92 bits per heavy atom. The molecule has 0 bridgehead atoms. The predicted octanol–water partition coefficient (Wildman–Crippen LogP) is 2.06. The highest BCUT2D eigenvalue weighted by atomic mass is 16.5. The number of carbonyl (C=O) groups is 2. The molecule has 1 aromatic heterocycles. The molecule has 2 rings (SSSR count). The van der Waals surface area contributed by atoms with Gasteiger partial charge in [-0.25, -0.2) is 0 Å². The standard InChI is InChI=1S/C18H24N4O4/c1-4-5-15-20-17(26-21-15)11-10-16(23)19-13-6-8-14(9-7-13)25-12-18(24)22(2)3/h6-9H,4-5,10-12H2,1-3H3,(H,19,23). The number of hydrogen-bond donors (Lipinski definition) is 1. The van der Waals surface area contributed by atoms with Crippen LogP contribution in [0.3, 0.4) is 0 Å². The van der Waals surface area contributed by atoms with Crippen LogP contribution in [0.25, 0.3) is 0 Å². The van der Waals surface area contributed by atoms with E-state index in [0.717, 1.165) is 12.8 Å². The third-order valence-corrected chi connectivity index (χ3v) is 3.55. The molecular weight excluding hydrogens is 336 g/mol. The van der Waals surface area contributed by atoms with Gasteiger partial charge in [0.05, 0.1) is 0 Å². The number of aryl methyl sites for hydroxylation is 2. The lowest BCUT2D eigenvalue weighted by Gasteiger charge is -2.11. The first kappa shape index (κ1) is 19.4. The van der Waals surface area contributed by atoms with Gasteiger partial charge in [0.2, 0.25) is 11.8 Å². The molecule has 0 unspecified atom stereocenters. The molecule has 8 nitrogen and oxygen atoms in total. The fraction of sp³-hybridized carbons (Fsp3) is 0.444. The van der Waals surface area contributed by atoms with Gasteiger partial charge < -0.3 is 19.5 Å². The normalized spacial score (nSPS) is 10.4. The molecule has 0 aliphatic heterocycles. The number of nitrogens with zero attached hydrogens (tertiary/aromatic N) is 3. The topological polar surface area (TPSA) is 97.6 Å². The van der Waals surface area contributed by atoms with E-state index in [-0.39, 0.29) is 24.8 Å². The van der Waals surface area contributed by atoms with Crippen molar-refractivity contribution in [1.29, 1.82) is 0 Å². The summed E-state index contributed by atoms with van der Waals surface area (Å²) < 4.78 is 10.5. The van der Waals surface area contributed by atoms with Crippen molar-refractivity contribution in [3.8, 4) is 5.75 Å². The largest absolute Gasteiger partial charge is 0.484 e. The average Bonchev–Trinajstić information content (AvgIpc) is 3.07. The minimum Gasteiger partial charge on any atom is -0.484 e. The van der Waals surface area contributed by atoms with E-state index >= 15 is 0 Å². The summed E-state index contributed by atoms with van der Waals surface area (Å²) in [6, 6.07) is 6.85. The summed E-state index contributed by atoms with van der Waals surface area (Å²) in [6.07, 6.45) is 2.37. The van der Waals surface area contributed by atoms with Crippen LogP contribution < -0.4 is 10.1 Å². The van der Waals surface area contributed by atoms with Crippen LogP contribution in [0.15, 0.2) is 28.8 Å². The zero-order valence-corrected chi connectivity index (χ0v) is 15.3. The van der Waals surface area contributed by atoms with Crippen molar-refractivity contribution in [2.24, 2.45) is 0 Å². The molecule has 1 N–H and O–H groups in total. The van der Waals surface area contributed by atoms with Crippen LogP contribution in [-0.4, -0.2) is 47.6 Å². The quantitative estimate of drug-likeness (QED) is 0.735. The van der Waals surface area contributed by atoms with Gasteiger partial charge >= 0.3 is 0 Å². The first-order valence-corrected chi connectivity index (χ1v) is 8.52. The van der Waals surface area contributed by atoms with E-state index in [2.05, 4.69) is 15.5 Å². The molecule has 0 atom stereocenters. The van der Waals surface area contributed by atoms with Crippen LogP contribution in [0.5, 0.6) is 5.75 Å². The number of likely N-dealkylation sites (N-methyl/N-ethyl adjacent to an activating group) is 1. The van der Waals surface area contributed by atoms with Gasteiger partial charge in [0.25, 0.3) is 5.91 Å². The molecule has 0 saturated carbocycles. The second kappa shape index (κ2) is 9.55. The molecule has 0 saturated heterocycles. The summed E-state index contributed by atoms with van der Waals surface area (Å²) in [4.78, 5) is 29.2. The van der Waals surface area contributed by atoms with E-state index in [1.54, 1.807) is 38.4 Å². The number of amides is 2. The predicted molar refractivity (Wildman–Crippen MR) is 95.9 cm³/mol. The van der Waals surface area contributed by atoms with Crippen LogP contribution in [-0.2, 0) is 22.4 Å². The van der Waals surface area contributed by atoms with Crippen molar-refractivity contribution in [3.63, 3.8) is 0 Å². The number of ether oxygens (including phenoxy) is 1. The van der Waals surface area contributed by atoms with Gasteiger partial charge in [0, 0.05) is 39.0 Å². The molecule has 140 valence electrons. The Morgan fingerprint density at radius 1 is 1.19 bits per heavy atom. The second-order valence-corrected chi connectivity index (χ2v) is 6.00. The summed E-state index contributed by atoms with van der Waals surface area (Å²) >= 11 is 0. The van der Waals surface area contributed by atoms with Crippen molar-refractivity contribution in [1.82, 2.24) is 15.0 Å². The zero-order valence-electron chi connectivity index (χ0n) is 15.3. The Morgan fingerprint density at radius 3 is 2.58 bits per heavy atom. The highest BCUT2D eigenvalue weighted by Gasteiger charge is 2.09. The number of hydrogen-bond acceptors (Lipinski definition) is 6. The van der Waals surface area contributed by atoms with Gasteiger partial charge in [0.15, 0.2) is 12.4 Å². The summed E-state index contributed by atoms with van der Waals surface area (Å²) in [5, 5.41) is 6.65. The number of rotatable bonds is 9. The third-order valence-electron chi connectivity index (χ3n) is 3.55. The van der Waals surface area contributed by atoms with E-state index in [0.29, 0.717) is 29.6 Å². The van der Waals surface area contributed by atoms with Crippen molar-refractivity contribution in [2.45, 2.75) is 32.6 Å². The Bertz CT molecular complexity index is 725. The maximum absolute atomic E-state index is 12.0. The third kappa shape index (κ3) is 6.19. The van der Waals surface area contributed by atoms with Crippen molar-refractivity contribution < 1.29 is 18.8 Å². The number of aromatic nitrogens is 2. The lowest BCUT2D eigenvalue weighted by atomic mass is 10.2. The molecule has 0 radical (unpaired) electrons. The summed E-state index contributed by atoms with van der Waals surface area (Å²) in [5.74, 6) is 1.44. The lowest BCUT2D eigenvalue weighted by Crippen LogP contribution is -2.27. The molecule has 1 aromatic carbocycles. The molecule has 0 spiro atoms. The fourth-order valence-electron chi connectivity index (χ4n) is 2.07. The lowest BCUT2D eigenvalue weighted by molar-refractivity contribution is -0.130. The molecule has 26 heavy (non-hydrogen) atoms. The first-order chi connectivity index (χ1) is 12.5. The number of anilines is 1. The second-order valence-electron chi connectivity index (χ2n) is 6.00. The van der Waals surface area contributed by atoms with E-state index in [4.69, 9.17) is 9.26 Å². The fourth-order valence-corrected chi connectivity index (χ4v) is 2.07. The van der Waals surface area contributed by atoms with Gasteiger partial charge in [0.1, 0.15) is 5.75 Å². The maximum atomic E-state index is 12.0. The first-order valence-electron chi connectivity index (χ1n) is 8.52. The molecule has 0 aliphatic rings. The minimum atomic E-state index is -0.142. The van der Waals surface area contributed by atoms with E-state index < -0.39 is 0 Å². The Balaban J connectivity index is 1.76. The van der Waals surface area contributed by atoms with E-state index in [1.807, 2.05) is 6.92 Å². The summed E-state index contributed by atoms with van der Waals surface area (Å²) in [5.41, 5.74) is 0.651. The molecular formula is C18H24N4O4. The summed E-state index contributed by atoms with van der Waals surface area (Å²) in [6.45, 7) is 2.02. The van der Waals surface area contributed by atoms with Crippen LogP contribution >= 0.6 is 0 Å². The molecule has 2 amide bonds. The van der Waals surface area contributed by atoms with Gasteiger partial charge in [-0.05, 0) is 30.7 Å². The monoisotopic (exact) mass is 360 g/mol. The van der Waals surface area contributed by atoms with Gasteiger partial charge in [-0.3, -0.25) is 9.59 Å². The maximum Gasteiger partial charge on any atom is 0.259 e. The van der Waals surface area contributed by atoms with E-state index in [1.165, 1.54) is 4.90 Å². The Kier molecular flexibility index (Phi) is 7.13. The smallest absolute Gasteiger partial charge is 0.259 e. The minimum absolute atomic E-state index is 0.0249. The van der Waals surface area contributed by atoms with Crippen LogP contribution in [0, 0.1) is 0 Å². The molecule has 1 heterocycles. The SMILES string of the molecule is CCCc1noc(CCC(=O)Nc2ccc(OCC(=O)N(C)C)cc2)n1. The van der Waals surface area contributed by atoms with Crippen molar-refractivity contribution in [2.75, 3.05) is 26.0 Å². The zero-order chi connectivity index (χ0) is 18.9. The van der Waals surface area contributed by atoms with E-state index in [9.17, 15) is 9.59 Å². The molecule has 0 fully saturated rings. The number of benzene rings is 1. The number of nitrogens with one attached hydrogen (secondary N) is 1. The average molecular weight is 360 g/mol. The molecule has 2 aromatic rings. The van der Waals surface area contributed by atoms with Gasteiger partial charge in [-0.1, -0.05) is 12.1 Å². The van der Waals surface area contributed by atoms with Crippen LogP contribution in [0.1, 0.15) is 31.5 Å². The van der Waals surface area contributed by atoms with Crippen molar-refractivity contribution in [3.05, 3.63) is 36.0 Å². The van der Waals surface area contributed by atoms with Crippen molar-refractivity contribution >= 4 is 17.5 Å². The Labute approximate surface area is 152 Å². The number of carbonyl (C=O) groups excluding carboxylic acids is 2. The Hall–Kier alpha value is -2.90. The highest BCUT2D eigenvalue weighted by molar-refractivity contribution is 5.90.